The number of piperazine rings is 1. The van der Waals surface area contributed by atoms with Crippen LogP contribution in [0.4, 0.5) is 26.3 Å². The summed E-state index contributed by atoms with van der Waals surface area (Å²) in [7, 11) is 0. The largest absolute Gasteiger partial charge is 0.397 e. The number of halogens is 6. The van der Waals surface area contributed by atoms with E-state index in [2.05, 4.69) is 25.0 Å². The molecule has 1 saturated carbocycles. The highest BCUT2D eigenvalue weighted by molar-refractivity contribution is 5.83. The fourth-order valence-corrected chi connectivity index (χ4v) is 5.57. The molecular formula is C29H29F6N7O. The molecule has 1 saturated heterocycles. The van der Waals surface area contributed by atoms with E-state index in [0.717, 1.165) is 5.56 Å². The molecule has 0 spiro atoms. The highest BCUT2D eigenvalue weighted by Gasteiger charge is 2.56. The van der Waals surface area contributed by atoms with Crippen molar-refractivity contribution in [2.75, 3.05) is 26.2 Å². The Morgan fingerprint density at radius 3 is 2.60 bits per heavy atom. The number of carbonyl (C=O) groups excluding carboxylic acids is 1. The Hall–Kier alpha value is -3.94. The monoisotopic (exact) mass is 605 g/mol. The number of nitrogens with one attached hydrogen (secondary N) is 1. The minimum atomic E-state index is -4.52. The lowest BCUT2D eigenvalue weighted by Crippen LogP contribution is -2.50. The third-order valence-corrected chi connectivity index (χ3v) is 8.19. The first-order valence-corrected chi connectivity index (χ1v) is 14.0. The molecule has 2 unspecified atom stereocenters. The van der Waals surface area contributed by atoms with Gasteiger partial charge in [0.05, 0.1) is 11.7 Å². The predicted molar refractivity (Wildman–Crippen MR) is 145 cm³/mol. The molecule has 14 heteroatoms. The SMILES string of the molecule is CC(c1ccnc(Cc2nc3c(F)c(-c4cnn(CC5CC5(F)F)c4)ccc3[nH]2)c1)N1CCN(C(=O)CC(F)(F)F)CC1. The van der Waals surface area contributed by atoms with Gasteiger partial charge in [-0.1, -0.05) is 0 Å². The first-order valence-electron chi connectivity index (χ1n) is 14.0. The Morgan fingerprint density at radius 1 is 1.16 bits per heavy atom. The number of hydrogen-bond acceptors (Lipinski definition) is 5. The summed E-state index contributed by atoms with van der Waals surface area (Å²) in [5.41, 5.74) is 3.04. The maximum absolute atomic E-state index is 15.5. The molecule has 1 aromatic carbocycles. The van der Waals surface area contributed by atoms with Crippen LogP contribution in [0.25, 0.3) is 22.2 Å². The molecule has 43 heavy (non-hydrogen) atoms. The zero-order valence-corrected chi connectivity index (χ0v) is 23.2. The van der Waals surface area contributed by atoms with Gasteiger partial charge in [-0.3, -0.25) is 19.4 Å². The Bertz CT molecular complexity index is 1640. The molecule has 1 aliphatic carbocycles. The van der Waals surface area contributed by atoms with Crippen LogP contribution in [0.1, 0.15) is 42.9 Å². The summed E-state index contributed by atoms with van der Waals surface area (Å²) in [6.45, 7) is 3.40. The number of aromatic amines is 1. The highest BCUT2D eigenvalue weighted by Crippen LogP contribution is 2.49. The van der Waals surface area contributed by atoms with Gasteiger partial charge in [-0.05, 0) is 36.8 Å². The fraction of sp³-hybridized carbons (Fsp3) is 0.448. The summed E-state index contributed by atoms with van der Waals surface area (Å²) >= 11 is 0. The van der Waals surface area contributed by atoms with E-state index in [1.165, 1.54) is 15.8 Å². The topological polar surface area (TPSA) is 82.9 Å². The Balaban J connectivity index is 1.11. The lowest BCUT2D eigenvalue weighted by molar-refractivity contribution is -0.162. The number of benzene rings is 1. The van der Waals surface area contributed by atoms with Gasteiger partial charge in [0.1, 0.15) is 17.8 Å². The Labute approximate surface area is 242 Å². The quantitative estimate of drug-likeness (QED) is 0.274. The number of alkyl halides is 5. The van der Waals surface area contributed by atoms with Crippen LogP contribution in [0.3, 0.4) is 0 Å². The van der Waals surface area contributed by atoms with E-state index in [-0.39, 0.29) is 43.2 Å². The smallest absolute Gasteiger partial charge is 0.342 e. The van der Waals surface area contributed by atoms with Gasteiger partial charge < -0.3 is 9.88 Å². The van der Waals surface area contributed by atoms with Gasteiger partial charge in [0.25, 0.3) is 5.92 Å². The van der Waals surface area contributed by atoms with E-state index in [9.17, 15) is 26.7 Å². The summed E-state index contributed by atoms with van der Waals surface area (Å²) in [6, 6.07) is 7.03. The average Bonchev–Trinajstić information content (AvgIpc) is 3.28. The molecule has 1 amide bonds. The number of imidazole rings is 1. The van der Waals surface area contributed by atoms with Gasteiger partial charge in [-0.25, -0.2) is 18.2 Å². The lowest BCUT2D eigenvalue weighted by atomic mass is 10.1. The molecule has 8 nitrogen and oxygen atoms in total. The van der Waals surface area contributed by atoms with Crippen LogP contribution in [0.15, 0.2) is 42.9 Å². The molecule has 228 valence electrons. The number of pyridine rings is 1. The van der Waals surface area contributed by atoms with Gasteiger partial charge in [-0.2, -0.15) is 18.3 Å². The highest BCUT2D eigenvalue weighted by atomic mass is 19.4. The number of H-pyrrole nitrogens is 1. The van der Waals surface area contributed by atoms with Crippen molar-refractivity contribution in [3.05, 3.63) is 65.8 Å². The van der Waals surface area contributed by atoms with Crippen LogP contribution in [0, 0.1) is 11.7 Å². The van der Waals surface area contributed by atoms with Crippen molar-refractivity contribution in [3.63, 3.8) is 0 Å². The van der Waals surface area contributed by atoms with Crippen molar-refractivity contribution in [3.8, 4) is 11.1 Å². The van der Waals surface area contributed by atoms with Crippen molar-refractivity contribution in [2.24, 2.45) is 5.92 Å². The second kappa shape index (κ2) is 11.0. The second-order valence-corrected chi connectivity index (χ2v) is 11.3. The molecule has 2 aliphatic rings. The molecule has 2 fully saturated rings. The van der Waals surface area contributed by atoms with Crippen LogP contribution in [0.2, 0.25) is 0 Å². The van der Waals surface area contributed by atoms with E-state index < -0.39 is 36.2 Å². The van der Waals surface area contributed by atoms with Gasteiger partial charge in [0.2, 0.25) is 5.91 Å². The fourth-order valence-electron chi connectivity index (χ4n) is 5.57. The van der Waals surface area contributed by atoms with Crippen molar-refractivity contribution in [1.82, 2.24) is 34.5 Å². The molecule has 6 rings (SSSR count). The molecule has 3 aromatic heterocycles. The van der Waals surface area contributed by atoms with E-state index in [1.54, 1.807) is 24.5 Å². The number of fused-ring (bicyclic) bond motifs is 1. The van der Waals surface area contributed by atoms with Crippen molar-refractivity contribution in [2.45, 2.75) is 50.9 Å². The lowest BCUT2D eigenvalue weighted by Gasteiger charge is -2.38. The summed E-state index contributed by atoms with van der Waals surface area (Å²) in [4.78, 5) is 27.3. The molecular weight excluding hydrogens is 576 g/mol. The van der Waals surface area contributed by atoms with Gasteiger partial charge in [-0.15, -0.1) is 0 Å². The number of aromatic nitrogens is 5. The van der Waals surface area contributed by atoms with Gasteiger partial charge in [0.15, 0.2) is 5.82 Å². The van der Waals surface area contributed by atoms with Crippen LogP contribution in [-0.2, 0) is 17.8 Å². The van der Waals surface area contributed by atoms with E-state index in [0.29, 0.717) is 42.1 Å². The zero-order valence-electron chi connectivity index (χ0n) is 23.2. The van der Waals surface area contributed by atoms with Crippen molar-refractivity contribution >= 4 is 16.9 Å². The number of hydrogen-bond donors (Lipinski definition) is 1. The van der Waals surface area contributed by atoms with Crippen LogP contribution >= 0.6 is 0 Å². The molecule has 4 heterocycles. The second-order valence-electron chi connectivity index (χ2n) is 11.3. The minimum Gasteiger partial charge on any atom is -0.342 e. The number of amides is 1. The molecule has 0 bridgehead atoms. The third kappa shape index (κ3) is 6.38. The molecule has 1 N–H and O–H groups in total. The minimum absolute atomic E-state index is 0.0654. The maximum Gasteiger partial charge on any atom is 0.397 e. The Kier molecular flexibility index (Phi) is 7.43. The number of nitrogens with zero attached hydrogens (tertiary/aromatic N) is 6. The number of rotatable bonds is 8. The normalized spacial score (nSPS) is 19.6. The first kappa shape index (κ1) is 29.1. The molecule has 1 aliphatic heterocycles. The summed E-state index contributed by atoms with van der Waals surface area (Å²) in [5.74, 6) is -4.35. The standard InChI is InChI=1S/C29H29F6N7O/c1-17(40-6-8-41(9-7-40)25(43)13-29(33,34)35)18-4-5-36-21(10-18)11-24-38-23-3-2-22(26(30)27(23)39-24)19-14-37-42(15-19)16-20-12-28(20,31)32/h2-5,10,14-15,17,20H,6-9,11-13,16H2,1H3,(H,38,39). The molecule has 2 atom stereocenters. The van der Waals surface area contributed by atoms with Crippen LogP contribution in [-0.4, -0.2) is 78.7 Å². The van der Waals surface area contributed by atoms with Crippen molar-refractivity contribution in [1.29, 1.82) is 0 Å². The first-order chi connectivity index (χ1) is 20.4. The van der Waals surface area contributed by atoms with E-state index >= 15 is 4.39 Å². The molecule has 0 radical (unpaired) electrons. The summed E-state index contributed by atoms with van der Waals surface area (Å²) in [6.07, 6.45) is -1.15. The number of carbonyl (C=O) groups is 1. The maximum atomic E-state index is 15.5. The van der Waals surface area contributed by atoms with E-state index in [1.807, 2.05) is 19.1 Å². The van der Waals surface area contributed by atoms with Gasteiger partial charge in [0, 0.05) is 86.7 Å². The summed E-state index contributed by atoms with van der Waals surface area (Å²) < 4.78 is 81.3. The predicted octanol–water partition coefficient (Wildman–Crippen LogP) is 5.36. The van der Waals surface area contributed by atoms with Crippen molar-refractivity contribution < 1.29 is 31.1 Å². The Morgan fingerprint density at radius 2 is 1.91 bits per heavy atom. The summed E-state index contributed by atoms with van der Waals surface area (Å²) in [5, 5.41) is 4.12. The van der Waals surface area contributed by atoms with Crippen LogP contribution in [0.5, 0.6) is 0 Å². The average molecular weight is 606 g/mol. The third-order valence-electron chi connectivity index (χ3n) is 8.19. The van der Waals surface area contributed by atoms with Gasteiger partial charge >= 0.3 is 6.18 Å². The zero-order chi connectivity index (χ0) is 30.5. The van der Waals surface area contributed by atoms with E-state index in [4.69, 9.17) is 0 Å². The van der Waals surface area contributed by atoms with Crippen LogP contribution < -0.4 is 0 Å². The molecule has 4 aromatic rings.